The van der Waals surface area contributed by atoms with Gasteiger partial charge in [-0.25, -0.2) is 18.7 Å². The fourth-order valence-corrected chi connectivity index (χ4v) is 2.50. The Bertz CT molecular complexity index is 998. The lowest BCUT2D eigenvalue weighted by Crippen LogP contribution is -2.15. The van der Waals surface area contributed by atoms with Crippen molar-refractivity contribution in [2.45, 2.75) is 26.2 Å². The summed E-state index contributed by atoms with van der Waals surface area (Å²) >= 11 is 0. The Morgan fingerprint density at radius 3 is 2.25 bits per heavy atom. The number of rotatable bonds is 4. The van der Waals surface area contributed by atoms with Crippen LogP contribution in [0.25, 0.3) is 0 Å². The van der Waals surface area contributed by atoms with Gasteiger partial charge in [-0.1, -0.05) is 32.9 Å². The maximum atomic E-state index is 13.3. The highest BCUT2D eigenvalue weighted by atomic mass is 19.2. The summed E-state index contributed by atoms with van der Waals surface area (Å²) in [6, 6.07) is 12.4. The molecule has 1 heterocycles. The Morgan fingerprint density at radius 2 is 1.61 bits per heavy atom. The van der Waals surface area contributed by atoms with Crippen molar-refractivity contribution in [3.05, 3.63) is 77.6 Å². The largest absolute Gasteiger partial charge is 0.324 e. The Hall–Kier alpha value is -3.35. The topological polar surface area (TPSA) is 66.9 Å². The standard InChI is InChI=1S/C21H20F2N4O/c1-21(2,3)13-4-6-14(7-5-13)25-19(28)18-10-11-24-20(27-18)26-15-8-9-16(22)17(23)12-15/h4-12H,1-3H3,(H,25,28)(H,24,26,27). The molecule has 1 aromatic heterocycles. The van der Waals surface area contributed by atoms with Gasteiger partial charge in [0, 0.05) is 23.6 Å². The molecule has 0 aliphatic carbocycles. The van der Waals surface area contributed by atoms with E-state index >= 15 is 0 Å². The van der Waals surface area contributed by atoms with E-state index in [-0.39, 0.29) is 22.7 Å². The summed E-state index contributed by atoms with van der Waals surface area (Å²) in [5.74, 6) is -2.24. The van der Waals surface area contributed by atoms with E-state index in [1.165, 1.54) is 18.3 Å². The highest BCUT2D eigenvalue weighted by Gasteiger charge is 2.14. The third kappa shape index (κ3) is 4.68. The molecule has 0 aliphatic heterocycles. The van der Waals surface area contributed by atoms with Crippen LogP contribution in [0.3, 0.4) is 0 Å². The van der Waals surface area contributed by atoms with E-state index in [0.29, 0.717) is 5.69 Å². The van der Waals surface area contributed by atoms with Crippen molar-refractivity contribution in [1.82, 2.24) is 9.97 Å². The van der Waals surface area contributed by atoms with Crippen molar-refractivity contribution < 1.29 is 13.6 Å². The van der Waals surface area contributed by atoms with Crippen LogP contribution >= 0.6 is 0 Å². The maximum Gasteiger partial charge on any atom is 0.274 e. The first-order valence-corrected chi connectivity index (χ1v) is 8.69. The van der Waals surface area contributed by atoms with E-state index < -0.39 is 17.5 Å². The molecule has 5 nitrogen and oxygen atoms in total. The minimum Gasteiger partial charge on any atom is -0.324 e. The van der Waals surface area contributed by atoms with Crippen molar-refractivity contribution in [2.75, 3.05) is 10.6 Å². The van der Waals surface area contributed by atoms with Crippen LogP contribution in [0.5, 0.6) is 0 Å². The minimum absolute atomic E-state index is 0.0234. The molecular weight excluding hydrogens is 362 g/mol. The smallest absolute Gasteiger partial charge is 0.274 e. The summed E-state index contributed by atoms with van der Waals surface area (Å²) < 4.78 is 26.3. The van der Waals surface area contributed by atoms with Gasteiger partial charge in [-0.3, -0.25) is 4.79 Å². The summed E-state index contributed by atoms with van der Waals surface area (Å²) in [5, 5.41) is 5.52. The number of aromatic nitrogens is 2. The average Bonchev–Trinajstić information content (AvgIpc) is 2.65. The Morgan fingerprint density at radius 1 is 0.929 bits per heavy atom. The van der Waals surface area contributed by atoms with Gasteiger partial charge in [0.05, 0.1) is 0 Å². The SMILES string of the molecule is CC(C)(C)c1ccc(NC(=O)c2ccnc(Nc3ccc(F)c(F)c3)n2)cc1. The first-order chi connectivity index (χ1) is 13.2. The third-order valence-electron chi connectivity index (χ3n) is 4.07. The lowest BCUT2D eigenvalue weighted by Gasteiger charge is -2.19. The molecule has 0 unspecified atom stereocenters. The second-order valence-electron chi connectivity index (χ2n) is 7.30. The number of hydrogen-bond donors (Lipinski definition) is 2. The molecular formula is C21H20F2N4O. The second kappa shape index (κ2) is 7.72. The predicted molar refractivity (Wildman–Crippen MR) is 105 cm³/mol. The van der Waals surface area contributed by atoms with Crippen LogP contribution in [0.15, 0.2) is 54.7 Å². The Labute approximate surface area is 161 Å². The number of anilines is 3. The van der Waals surface area contributed by atoms with E-state index in [1.54, 1.807) is 0 Å². The molecule has 7 heteroatoms. The highest BCUT2D eigenvalue weighted by molar-refractivity contribution is 6.03. The van der Waals surface area contributed by atoms with Crippen LogP contribution in [-0.4, -0.2) is 15.9 Å². The number of hydrogen-bond acceptors (Lipinski definition) is 4. The number of nitrogens with one attached hydrogen (secondary N) is 2. The Kier molecular flexibility index (Phi) is 5.35. The van der Waals surface area contributed by atoms with Gasteiger partial charge in [-0.05, 0) is 41.3 Å². The molecule has 0 aliphatic rings. The third-order valence-corrected chi connectivity index (χ3v) is 4.07. The molecule has 2 N–H and O–H groups in total. The van der Waals surface area contributed by atoms with Gasteiger partial charge in [-0.15, -0.1) is 0 Å². The van der Waals surface area contributed by atoms with Gasteiger partial charge in [0.1, 0.15) is 5.69 Å². The van der Waals surface area contributed by atoms with E-state index in [0.717, 1.165) is 17.7 Å². The van der Waals surface area contributed by atoms with Crippen LogP contribution in [0.2, 0.25) is 0 Å². The van der Waals surface area contributed by atoms with E-state index in [9.17, 15) is 13.6 Å². The van der Waals surface area contributed by atoms with Crippen LogP contribution in [-0.2, 0) is 5.41 Å². The highest BCUT2D eigenvalue weighted by Crippen LogP contribution is 2.23. The fraction of sp³-hybridized carbons (Fsp3) is 0.190. The number of carbonyl (C=O) groups excluding carboxylic acids is 1. The monoisotopic (exact) mass is 382 g/mol. The molecule has 0 radical (unpaired) electrons. The summed E-state index contributed by atoms with van der Waals surface area (Å²) in [6.07, 6.45) is 1.41. The molecule has 0 saturated carbocycles. The summed E-state index contributed by atoms with van der Waals surface area (Å²) in [7, 11) is 0. The second-order valence-corrected chi connectivity index (χ2v) is 7.30. The molecule has 0 fully saturated rings. The van der Waals surface area contributed by atoms with Crippen LogP contribution < -0.4 is 10.6 Å². The number of benzene rings is 2. The first kappa shape index (κ1) is 19.4. The van der Waals surface area contributed by atoms with Crippen molar-refractivity contribution in [3.8, 4) is 0 Å². The molecule has 28 heavy (non-hydrogen) atoms. The van der Waals surface area contributed by atoms with Gasteiger partial charge in [0.15, 0.2) is 11.6 Å². The molecule has 144 valence electrons. The average molecular weight is 382 g/mol. The molecule has 0 bridgehead atoms. The molecule has 3 rings (SSSR count). The van der Waals surface area contributed by atoms with Crippen LogP contribution in [0, 0.1) is 11.6 Å². The molecule has 1 amide bonds. The van der Waals surface area contributed by atoms with E-state index in [1.807, 2.05) is 24.3 Å². The summed E-state index contributed by atoms with van der Waals surface area (Å²) in [5.41, 5.74) is 2.24. The minimum atomic E-state index is -0.988. The number of nitrogens with zero attached hydrogens (tertiary/aromatic N) is 2. The summed E-state index contributed by atoms with van der Waals surface area (Å²) in [6.45, 7) is 6.34. The van der Waals surface area contributed by atoms with Gasteiger partial charge in [0.25, 0.3) is 5.91 Å². The van der Waals surface area contributed by atoms with Gasteiger partial charge >= 0.3 is 0 Å². The molecule has 0 saturated heterocycles. The fourth-order valence-electron chi connectivity index (χ4n) is 2.50. The first-order valence-electron chi connectivity index (χ1n) is 8.69. The van der Waals surface area contributed by atoms with Crippen molar-refractivity contribution in [3.63, 3.8) is 0 Å². The van der Waals surface area contributed by atoms with Crippen molar-refractivity contribution in [2.24, 2.45) is 0 Å². The zero-order valence-corrected chi connectivity index (χ0v) is 15.8. The predicted octanol–water partition coefficient (Wildman–Crippen LogP) is 5.05. The molecule has 0 spiro atoms. The molecule has 2 aromatic carbocycles. The lowest BCUT2D eigenvalue weighted by molar-refractivity contribution is 0.102. The zero-order chi connectivity index (χ0) is 20.3. The normalized spacial score (nSPS) is 11.2. The van der Waals surface area contributed by atoms with E-state index in [2.05, 4.69) is 41.4 Å². The lowest BCUT2D eigenvalue weighted by atomic mass is 9.87. The zero-order valence-electron chi connectivity index (χ0n) is 15.8. The van der Waals surface area contributed by atoms with Gasteiger partial charge in [-0.2, -0.15) is 0 Å². The van der Waals surface area contributed by atoms with Gasteiger partial charge in [0.2, 0.25) is 5.95 Å². The molecule has 3 aromatic rings. The maximum absolute atomic E-state index is 13.3. The van der Waals surface area contributed by atoms with Crippen molar-refractivity contribution >= 4 is 23.2 Å². The van der Waals surface area contributed by atoms with Crippen molar-refractivity contribution in [1.29, 1.82) is 0 Å². The van der Waals surface area contributed by atoms with E-state index in [4.69, 9.17) is 0 Å². The number of amides is 1. The quantitative estimate of drug-likeness (QED) is 0.663. The van der Waals surface area contributed by atoms with Gasteiger partial charge < -0.3 is 10.6 Å². The molecule has 0 atom stereocenters. The number of carbonyl (C=O) groups is 1. The summed E-state index contributed by atoms with van der Waals surface area (Å²) in [4.78, 5) is 20.6. The number of halogens is 2. The van der Waals surface area contributed by atoms with Crippen LogP contribution in [0.4, 0.5) is 26.1 Å². The Balaban J connectivity index is 1.72. The van der Waals surface area contributed by atoms with Crippen LogP contribution in [0.1, 0.15) is 36.8 Å².